The minimum atomic E-state index is -0.350. The van der Waals surface area contributed by atoms with Gasteiger partial charge in [0.05, 0.1) is 5.56 Å². The van der Waals surface area contributed by atoms with Crippen LogP contribution >= 0.6 is 0 Å². The molecule has 0 N–H and O–H groups in total. The number of esters is 1. The van der Waals surface area contributed by atoms with Crippen LogP contribution < -0.4 is 4.74 Å². The second kappa shape index (κ2) is 9.18. The first-order valence-electron chi connectivity index (χ1n) is 9.66. The minimum absolute atomic E-state index is 0.350. The summed E-state index contributed by atoms with van der Waals surface area (Å²) in [6, 6.07) is 25.4. The average Bonchev–Trinajstić information content (AvgIpc) is 2.69. The smallest absolute Gasteiger partial charge is 0.343 e. The van der Waals surface area contributed by atoms with Crippen molar-refractivity contribution < 1.29 is 9.53 Å². The van der Waals surface area contributed by atoms with Crippen LogP contribution in [0.25, 0.3) is 11.6 Å². The van der Waals surface area contributed by atoms with E-state index in [-0.39, 0.29) is 5.97 Å². The molecule has 0 aromatic heterocycles. The van der Waals surface area contributed by atoms with Crippen LogP contribution in [0.3, 0.4) is 0 Å². The SMILES string of the molecule is C/C(=C\c1cccc(C(=O)Oc2ccccc2)c1)c1ccc(CC(C)C)cc1. The number of carbonyl (C=O) groups excluding carboxylic acids is 1. The highest BCUT2D eigenvalue weighted by Gasteiger charge is 2.09. The molecule has 0 aliphatic rings. The first-order chi connectivity index (χ1) is 13.5. The molecule has 0 aliphatic heterocycles. The Labute approximate surface area is 167 Å². The van der Waals surface area contributed by atoms with Crippen molar-refractivity contribution in [3.8, 4) is 5.75 Å². The molecular weight excluding hydrogens is 344 g/mol. The molecule has 0 saturated carbocycles. The van der Waals surface area contributed by atoms with Crippen LogP contribution in [0.4, 0.5) is 0 Å². The van der Waals surface area contributed by atoms with Crippen molar-refractivity contribution in [2.24, 2.45) is 5.92 Å². The molecule has 2 heteroatoms. The monoisotopic (exact) mass is 370 g/mol. The Morgan fingerprint density at radius 1 is 0.893 bits per heavy atom. The molecular formula is C26H26O2. The summed E-state index contributed by atoms with van der Waals surface area (Å²) in [4.78, 5) is 12.4. The molecule has 0 bridgehead atoms. The van der Waals surface area contributed by atoms with E-state index < -0.39 is 0 Å². The fourth-order valence-electron chi connectivity index (χ4n) is 3.12. The number of hydrogen-bond donors (Lipinski definition) is 0. The van der Waals surface area contributed by atoms with E-state index in [1.807, 2.05) is 36.4 Å². The molecule has 142 valence electrons. The summed E-state index contributed by atoms with van der Waals surface area (Å²) in [6.45, 7) is 6.55. The van der Waals surface area contributed by atoms with Crippen molar-refractivity contribution >= 4 is 17.6 Å². The molecule has 0 aliphatic carbocycles. The Bertz CT molecular complexity index is 951. The Balaban J connectivity index is 1.75. The topological polar surface area (TPSA) is 26.3 Å². The van der Waals surface area contributed by atoms with Gasteiger partial charge < -0.3 is 4.74 Å². The van der Waals surface area contributed by atoms with Crippen molar-refractivity contribution in [2.75, 3.05) is 0 Å². The lowest BCUT2D eigenvalue weighted by molar-refractivity contribution is 0.0734. The maximum Gasteiger partial charge on any atom is 0.343 e. The van der Waals surface area contributed by atoms with E-state index in [0.29, 0.717) is 17.2 Å². The molecule has 0 unspecified atom stereocenters. The second-order valence-corrected chi connectivity index (χ2v) is 7.45. The van der Waals surface area contributed by atoms with Crippen LogP contribution in [0, 0.1) is 5.92 Å². The number of ether oxygens (including phenoxy) is 1. The Morgan fingerprint density at radius 3 is 2.29 bits per heavy atom. The van der Waals surface area contributed by atoms with Gasteiger partial charge in [-0.3, -0.25) is 0 Å². The van der Waals surface area contributed by atoms with Crippen LogP contribution in [-0.2, 0) is 6.42 Å². The highest BCUT2D eigenvalue weighted by molar-refractivity contribution is 5.92. The van der Waals surface area contributed by atoms with Crippen molar-refractivity contribution in [1.82, 2.24) is 0 Å². The molecule has 28 heavy (non-hydrogen) atoms. The number of para-hydroxylation sites is 1. The molecule has 3 rings (SSSR count). The lowest BCUT2D eigenvalue weighted by atomic mass is 9.98. The van der Waals surface area contributed by atoms with Crippen LogP contribution in [0.5, 0.6) is 5.75 Å². The standard InChI is InChI=1S/C26H26O2/c1-19(2)16-21-12-14-23(15-13-21)20(3)17-22-8-7-9-24(18-22)26(27)28-25-10-5-4-6-11-25/h4-15,17-19H,16H2,1-3H3/b20-17+. The summed E-state index contributed by atoms with van der Waals surface area (Å²) in [5, 5.41) is 0. The normalized spacial score (nSPS) is 11.5. The zero-order chi connectivity index (χ0) is 19.9. The fourth-order valence-corrected chi connectivity index (χ4v) is 3.12. The van der Waals surface area contributed by atoms with Crippen LogP contribution in [0.15, 0.2) is 78.9 Å². The number of benzene rings is 3. The maximum atomic E-state index is 12.4. The largest absolute Gasteiger partial charge is 0.423 e. The highest BCUT2D eigenvalue weighted by atomic mass is 16.5. The Morgan fingerprint density at radius 2 is 1.61 bits per heavy atom. The van der Waals surface area contributed by atoms with Gasteiger partial charge in [-0.1, -0.05) is 74.5 Å². The van der Waals surface area contributed by atoms with Gasteiger partial charge in [-0.05, 0) is 65.8 Å². The second-order valence-electron chi connectivity index (χ2n) is 7.45. The molecule has 3 aromatic rings. The summed E-state index contributed by atoms with van der Waals surface area (Å²) in [5.74, 6) is 0.851. The summed E-state index contributed by atoms with van der Waals surface area (Å²) >= 11 is 0. The zero-order valence-electron chi connectivity index (χ0n) is 16.7. The molecule has 0 radical (unpaired) electrons. The van der Waals surface area contributed by atoms with Gasteiger partial charge in [-0.25, -0.2) is 4.79 Å². The highest BCUT2D eigenvalue weighted by Crippen LogP contribution is 2.20. The number of allylic oxidation sites excluding steroid dienone is 1. The van der Waals surface area contributed by atoms with Crippen molar-refractivity contribution in [1.29, 1.82) is 0 Å². The van der Waals surface area contributed by atoms with Crippen molar-refractivity contribution in [2.45, 2.75) is 27.2 Å². The van der Waals surface area contributed by atoms with Gasteiger partial charge in [0.2, 0.25) is 0 Å². The van der Waals surface area contributed by atoms with E-state index >= 15 is 0 Å². The predicted molar refractivity (Wildman–Crippen MR) is 116 cm³/mol. The summed E-state index contributed by atoms with van der Waals surface area (Å²) < 4.78 is 5.43. The predicted octanol–water partition coefficient (Wildman–Crippen LogP) is 6.66. The number of rotatable bonds is 6. The molecule has 0 spiro atoms. The van der Waals surface area contributed by atoms with Crippen LogP contribution in [-0.4, -0.2) is 5.97 Å². The minimum Gasteiger partial charge on any atom is -0.423 e. The lowest BCUT2D eigenvalue weighted by Gasteiger charge is -2.08. The summed E-state index contributed by atoms with van der Waals surface area (Å²) in [6.07, 6.45) is 3.19. The molecule has 0 amide bonds. The van der Waals surface area contributed by atoms with Crippen LogP contribution in [0.2, 0.25) is 0 Å². The number of carbonyl (C=O) groups is 1. The molecule has 0 saturated heterocycles. The Kier molecular flexibility index (Phi) is 6.44. The molecule has 0 heterocycles. The first kappa shape index (κ1) is 19.6. The van der Waals surface area contributed by atoms with Crippen molar-refractivity contribution in [3.63, 3.8) is 0 Å². The molecule has 0 fully saturated rings. The number of hydrogen-bond acceptors (Lipinski definition) is 2. The van der Waals surface area contributed by atoms with E-state index in [1.165, 1.54) is 11.1 Å². The van der Waals surface area contributed by atoms with Gasteiger partial charge in [-0.2, -0.15) is 0 Å². The summed E-state index contributed by atoms with van der Waals surface area (Å²) in [7, 11) is 0. The first-order valence-corrected chi connectivity index (χ1v) is 9.66. The average molecular weight is 370 g/mol. The van der Waals surface area contributed by atoms with E-state index in [4.69, 9.17) is 4.74 Å². The third-order valence-electron chi connectivity index (χ3n) is 4.51. The van der Waals surface area contributed by atoms with Gasteiger partial charge >= 0.3 is 5.97 Å². The lowest BCUT2D eigenvalue weighted by Crippen LogP contribution is -2.08. The van der Waals surface area contributed by atoms with Gasteiger partial charge in [0.1, 0.15) is 5.75 Å². The maximum absolute atomic E-state index is 12.4. The van der Waals surface area contributed by atoms with Crippen LogP contribution in [0.1, 0.15) is 47.8 Å². The van der Waals surface area contributed by atoms with E-state index in [1.54, 1.807) is 18.2 Å². The molecule has 3 aromatic carbocycles. The fraction of sp³-hybridized carbons (Fsp3) is 0.192. The summed E-state index contributed by atoms with van der Waals surface area (Å²) in [5.41, 5.74) is 5.22. The Hall–Kier alpha value is -3.13. The third kappa shape index (κ3) is 5.43. The van der Waals surface area contributed by atoms with E-state index in [0.717, 1.165) is 17.6 Å². The zero-order valence-corrected chi connectivity index (χ0v) is 16.7. The van der Waals surface area contributed by atoms with E-state index in [2.05, 4.69) is 51.1 Å². The van der Waals surface area contributed by atoms with E-state index in [9.17, 15) is 4.79 Å². The van der Waals surface area contributed by atoms with Gasteiger partial charge in [0, 0.05) is 0 Å². The third-order valence-corrected chi connectivity index (χ3v) is 4.51. The molecule has 0 atom stereocenters. The quantitative estimate of drug-likeness (QED) is 0.275. The van der Waals surface area contributed by atoms with Gasteiger partial charge in [-0.15, -0.1) is 0 Å². The van der Waals surface area contributed by atoms with Gasteiger partial charge in [0.25, 0.3) is 0 Å². The molecule has 2 nitrogen and oxygen atoms in total. The van der Waals surface area contributed by atoms with Crippen molar-refractivity contribution in [3.05, 3.63) is 101 Å². The van der Waals surface area contributed by atoms with Gasteiger partial charge in [0.15, 0.2) is 0 Å².